The van der Waals surface area contributed by atoms with Crippen LogP contribution in [-0.2, 0) is 11.5 Å². The predicted molar refractivity (Wildman–Crippen MR) is 81.8 cm³/mol. The second-order valence-corrected chi connectivity index (χ2v) is 11.6. The number of benzene rings is 1. The van der Waals surface area contributed by atoms with Crippen LogP contribution in [0.5, 0.6) is 0 Å². The number of nitrogens with zero attached hydrogens (tertiary/aromatic N) is 2. The van der Waals surface area contributed by atoms with E-state index in [0.717, 1.165) is 12.3 Å². The minimum atomic E-state index is -1.01. The molecule has 1 heterocycles. The Morgan fingerprint density at radius 1 is 1.16 bits per heavy atom. The lowest BCUT2D eigenvalue weighted by atomic mass is 10.2. The first-order valence-electron chi connectivity index (χ1n) is 6.69. The molecule has 19 heavy (non-hydrogen) atoms. The Bertz CT molecular complexity index is 502. The molecule has 0 bridgehead atoms. The summed E-state index contributed by atoms with van der Waals surface area (Å²) in [6.45, 7) is 8.51. The van der Waals surface area contributed by atoms with E-state index in [1.54, 1.807) is 0 Å². The summed E-state index contributed by atoms with van der Waals surface area (Å²) in [5.41, 5.74) is 2.28. The smallest absolute Gasteiger partial charge is 0.124 e. The van der Waals surface area contributed by atoms with E-state index in [4.69, 9.17) is 4.74 Å². The predicted octanol–water partition coefficient (Wildman–Crippen LogP) is 3.86. The van der Waals surface area contributed by atoms with Gasteiger partial charge in [-0.1, -0.05) is 50.0 Å². The molecule has 1 aromatic carbocycles. The molecule has 0 spiro atoms. The SMILES string of the molecule is C[Si](C)(C)CCOCn1cncc1-c1ccccc1. The summed E-state index contributed by atoms with van der Waals surface area (Å²) in [6, 6.07) is 11.5. The molecule has 4 heteroatoms. The second-order valence-electron chi connectivity index (χ2n) is 5.96. The van der Waals surface area contributed by atoms with Crippen molar-refractivity contribution in [2.75, 3.05) is 6.61 Å². The van der Waals surface area contributed by atoms with Gasteiger partial charge in [-0.15, -0.1) is 0 Å². The number of hydrogen-bond acceptors (Lipinski definition) is 2. The van der Waals surface area contributed by atoms with E-state index < -0.39 is 8.07 Å². The van der Waals surface area contributed by atoms with Crippen molar-refractivity contribution < 1.29 is 4.74 Å². The minimum absolute atomic E-state index is 0.578. The first-order valence-corrected chi connectivity index (χ1v) is 10.4. The summed E-state index contributed by atoms with van der Waals surface area (Å²) in [4.78, 5) is 4.22. The normalized spacial score (nSPS) is 11.7. The van der Waals surface area contributed by atoms with Crippen LogP contribution < -0.4 is 0 Å². The average molecular weight is 274 g/mol. The van der Waals surface area contributed by atoms with Gasteiger partial charge in [-0.25, -0.2) is 4.98 Å². The zero-order valence-corrected chi connectivity index (χ0v) is 13.0. The lowest BCUT2D eigenvalue weighted by molar-refractivity contribution is 0.0882. The Balaban J connectivity index is 1.94. The molecule has 0 amide bonds. The van der Waals surface area contributed by atoms with E-state index in [1.165, 1.54) is 11.6 Å². The molecule has 0 atom stereocenters. The lowest BCUT2D eigenvalue weighted by Crippen LogP contribution is -2.22. The van der Waals surface area contributed by atoms with E-state index in [-0.39, 0.29) is 0 Å². The van der Waals surface area contributed by atoms with Crippen molar-refractivity contribution in [1.29, 1.82) is 0 Å². The standard InChI is InChI=1S/C15H22N2OSi/c1-19(2,3)10-9-18-13-17-12-16-11-15(17)14-7-5-4-6-8-14/h4-8,11-12H,9-10,13H2,1-3H3. The highest BCUT2D eigenvalue weighted by Gasteiger charge is 2.12. The van der Waals surface area contributed by atoms with Crippen LogP contribution in [0.15, 0.2) is 42.9 Å². The van der Waals surface area contributed by atoms with Crippen molar-refractivity contribution in [3.63, 3.8) is 0 Å². The number of hydrogen-bond donors (Lipinski definition) is 0. The Hall–Kier alpha value is -1.39. The number of ether oxygens (including phenoxy) is 1. The summed E-state index contributed by atoms with van der Waals surface area (Å²) in [5.74, 6) is 0. The van der Waals surface area contributed by atoms with Gasteiger partial charge in [-0.05, 0) is 11.6 Å². The highest BCUT2D eigenvalue weighted by Crippen LogP contribution is 2.18. The van der Waals surface area contributed by atoms with Crippen LogP contribution >= 0.6 is 0 Å². The fourth-order valence-electron chi connectivity index (χ4n) is 1.81. The molecule has 0 radical (unpaired) electrons. The van der Waals surface area contributed by atoms with Crippen LogP contribution in [0.2, 0.25) is 25.7 Å². The van der Waals surface area contributed by atoms with Crippen molar-refractivity contribution in [3.05, 3.63) is 42.9 Å². The van der Waals surface area contributed by atoms with Gasteiger partial charge in [0.2, 0.25) is 0 Å². The van der Waals surface area contributed by atoms with Gasteiger partial charge in [-0.3, -0.25) is 0 Å². The zero-order chi connectivity index (χ0) is 13.7. The minimum Gasteiger partial charge on any atom is -0.361 e. The molecule has 0 unspecified atom stereocenters. The van der Waals surface area contributed by atoms with Crippen LogP contribution in [0.4, 0.5) is 0 Å². The van der Waals surface area contributed by atoms with E-state index in [1.807, 2.05) is 30.7 Å². The molecule has 0 saturated heterocycles. The van der Waals surface area contributed by atoms with Gasteiger partial charge >= 0.3 is 0 Å². The largest absolute Gasteiger partial charge is 0.361 e. The van der Waals surface area contributed by atoms with Gasteiger partial charge in [-0.2, -0.15) is 0 Å². The zero-order valence-electron chi connectivity index (χ0n) is 12.0. The van der Waals surface area contributed by atoms with E-state index in [0.29, 0.717) is 6.73 Å². The van der Waals surface area contributed by atoms with Gasteiger partial charge in [0.1, 0.15) is 6.73 Å². The molecule has 3 nitrogen and oxygen atoms in total. The third-order valence-electron chi connectivity index (χ3n) is 3.01. The molecule has 0 aliphatic carbocycles. The third kappa shape index (κ3) is 4.33. The first kappa shape index (κ1) is 14.0. The van der Waals surface area contributed by atoms with Gasteiger partial charge in [0, 0.05) is 14.7 Å². The van der Waals surface area contributed by atoms with Gasteiger partial charge in [0.05, 0.1) is 18.2 Å². The third-order valence-corrected chi connectivity index (χ3v) is 4.71. The first-order chi connectivity index (χ1) is 9.06. The van der Waals surface area contributed by atoms with Crippen molar-refractivity contribution in [2.45, 2.75) is 32.4 Å². The summed E-state index contributed by atoms with van der Waals surface area (Å²) >= 11 is 0. The van der Waals surface area contributed by atoms with Crippen molar-refractivity contribution in [3.8, 4) is 11.3 Å². The number of imidazole rings is 1. The monoisotopic (exact) mass is 274 g/mol. The maximum Gasteiger partial charge on any atom is 0.124 e. The van der Waals surface area contributed by atoms with Crippen LogP contribution in [0.3, 0.4) is 0 Å². The molecule has 2 aromatic rings. The summed E-state index contributed by atoms with van der Waals surface area (Å²) in [6.07, 6.45) is 3.72. The summed E-state index contributed by atoms with van der Waals surface area (Å²) in [7, 11) is -1.01. The Morgan fingerprint density at radius 3 is 2.58 bits per heavy atom. The van der Waals surface area contributed by atoms with Crippen LogP contribution in [0, 0.1) is 0 Å². The molecule has 0 aliphatic heterocycles. The van der Waals surface area contributed by atoms with Gasteiger partial charge in [0.15, 0.2) is 0 Å². The molecule has 102 valence electrons. The molecule has 1 aromatic heterocycles. The average Bonchev–Trinajstić information content (AvgIpc) is 2.83. The molecule has 0 aliphatic rings. The molecular weight excluding hydrogens is 252 g/mol. The fraction of sp³-hybridized carbons (Fsp3) is 0.400. The van der Waals surface area contributed by atoms with Crippen LogP contribution in [0.1, 0.15) is 0 Å². The summed E-state index contributed by atoms with van der Waals surface area (Å²) < 4.78 is 7.83. The quantitative estimate of drug-likeness (QED) is 0.591. The highest BCUT2D eigenvalue weighted by atomic mass is 28.3. The Morgan fingerprint density at radius 2 is 1.89 bits per heavy atom. The number of rotatable bonds is 6. The van der Waals surface area contributed by atoms with Crippen LogP contribution in [0.25, 0.3) is 11.3 Å². The maximum absolute atomic E-state index is 5.77. The van der Waals surface area contributed by atoms with E-state index in [9.17, 15) is 0 Å². The Labute approximate surface area is 116 Å². The van der Waals surface area contributed by atoms with Crippen molar-refractivity contribution in [2.24, 2.45) is 0 Å². The van der Waals surface area contributed by atoms with Gasteiger partial charge in [0.25, 0.3) is 0 Å². The highest BCUT2D eigenvalue weighted by molar-refractivity contribution is 6.76. The maximum atomic E-state index is 5.77. The molecule has 0 saturated carbocycles. The van der Waals surface area contributed by atoms with Crippen molar-refractivity contribution >= 4 is 8.07 Å². The van der Waals surface area contributed by atoms with E-state index >= 15 is 0 Å². The molecule has 2 rings (SSSR count). The van der Waals surface area contributed by atoms with Gasteiger partial charge < -0.3 is 9.30 Å². The molecular formula is C15H22N2OSi. The summed E-state index contributed by atoms with van der Waals surface area (Å²) in [5, 5.41) is 0. The fourth-order valence-corrected chi connectivity index (χ4v) is 2.57. The number of aromatic nitrogens is 2. The molecule has 0 N–H and O–H groups in total. The topological polar surface area (TPSA) is 27.1 Å². The van der Waals surface area contributed by atoms with Crippen molar-refractivity contribution in [1.82, 2.24) is 9.55 Å². The van der Waals surface area contributed by atoms with E-state index in [2.05, 4.69) is 41.3 Å². The van der Waals surface area contributed by atoms with Crippen LogP contribution in [-0.4, -0.2) is 24.2 Å². The molecule has 0 fully saturated rings. The Kier molecular flexibility index (Phi) is 4.55. The second kappa shape index (κ2) is 6.17. The lowest BCUT2D eigenvalue weighted by Gasteiger charge is -2.16.